The van der Waals surface area contributed by atoms with Crippen LogP contribution in [-0.4, -0.2) is 17.4 Å². The molecule has 2 aromatic rings. The molecule has 1 amide bonds. The second kappa shape index (κ2) is 7.53. The Kier molecular flexibility index (Phi) is 5.33. The minimum atomic E-state index is -1.27. The van der Waals surface area contributed by atoms with Crippen molar-refractivity contribution in [2.75, 3.05) is 0 Å². The highest BCUT2D eigenvalue weighted by atomic mass is 79.9. The van der Waals surface area contributed by atoms with Crippen molar-refractivity contribution in [2.45, 2.75) is 13.0 Å². The number of hydrogen-bond donors (Lipinski definition) is 2. The van der Waals surface area contributed by atoms with E-state index in [4.69, 9.17) is 11.6 Å². The number of quaternary nitrogens is 1. The summed E-state index contributed by atoms with van der Waals surface area (Å²) in [4.78, 5) is 11.5. The molecule has 1 aliphatic rings. The molecule has 0 fully saturated rings. The Morgan fingerprint density at radius 2 is 1.96 bits per heavy atom. The van der Waals surface area contributed by atoms with Crippen molar-refractivity contribution in [1.82, 2.24) is 9.91 Å². The van der Waals surface area contributed by atoms with E-state index in [1.54, 1.807) is 6.07 Å². The zero-order chi connectivity index (χ0) is 19.6. The Labute approximate surface area is 169 Å². The molecule has 0 aromatic heterocycles. The van der Waals surface area contributed by atoms with Crippen molar-refractivity contribution < 1.29 is 9.90 Å². The maximum absolute atomic E-state index is 11.5. The molecule has 1 heterocycles. The number of rotatable bonds is 4. The highest BCUT2D eigenvalue weighted by molar-refractivity contribution is 9.10. The van der Waals surface area contributed by atoms with Crippen LogP contribution in [0, 0.1) is 11.3 Å². The molecule has 2 unspecified atom stereocenters. The highest BCUT2D eigenvalue weighted by Gasteiger charge is 2.49. The number of carbonyl (C=O) groups is 1. The van der Waals surface area contributed by atoms with Crippen molar-refractivity contribution in [2.24, 2.45) is 5.10 Å². The molecule has 2 atom stereocenters. The first kappa shape index (κ1) is 19.1. The van der Waals surface area contributed by atoms with Crippen molar-refractivity contribution in [3.63, 3.8) is 0 Å². The van der Waals surface area contributed by atoms with Crippen molar-refractivity contribution in [3.8, 4) is 6.07 Å². The Bertz CT molecular complexity index is 998. The number of halogens is 2. The molecule has 0 saturated heterocycles. The zero-order valence-electron chi connectivity index (χ0n) is 14.2. The van der Waals surface area contributed by atoms with Gasteiger partial charge < -0.3 is 5.11 Å². The monoisotopic (exact) mass is 445 g/mol. The number of benzene rings is 2. The maximum atomic E-state index is 11.5. The molecule has 3 rings (SSSR count). The minimum Gasteiger partial charge on any atom is -0.465 e. The van der Waals surface area contributed by atoms with Crippen molar-refractivity contribution >= 4 is 45.5 Å². The van der Waals surface area contributed by atoms with Gasteiger partial charge in [-0.1, -0.05) is 50.8 Å². The summed E-state index contributed by atoms with van der Waals surface area (Å²) in [5.41, 5.74) is 1.62. The van der Waals surface area contributed by atoms with Crippen LogP contribution in [0.3, 0.4) is 0 Å². The fourth-order valence-electron chi connectivity index (χ4n) is 3.18. The number of nitrogens with zero attached hydrogens (tertiary/aromatic N) is 3. The lowest BCUT2D eigenvalue weighted by Gasteiger charge is -2.35. The first-order chi connectivity index (χ1) is 12.9. The summed E-state index contributed by atoms with van der Waals surface area (Å²) in [5.74, 6) is 0.166. The van der Waals surface area contributed by atoms with Crippen LogP contribution in [0.25, 0.3) is 0 Å². The summed E-state index contributed by atoms with van der Waals surface area (Å²) in [7, 11) is 0. The van der Waals surface area contributed by atoms with Crippen molar-refractivity contribution in [3.05, 3.63) is 75.0 Å². The van der Waals surface area contributed by atoms with Crippen LogP contribution in [0.15, 0.2) is 69.5 Å². The molecule has 0 aliphatic carbocycles. The van der Waals surface area contributed by atoms with Crippen LogP contribution >= 0.6 is 27.5 Å². The van der Waals surface area contributed by atoms with Gasteiger partial charge in [-0.2, -0.15) is 5.26 Å². The zero-order valence-corrected chi connectivity index (χ0v) is 16.6. The number of nitrogens with one attached hydrogen (secondary N) is 1. The second-order valence-electron chi connectivity index (χ2n) is 5.91. The maximum Gasteiger partial charge on any atom is 0.413 e. The molecule has 0 radical (unpaired) electrons. The molecule has 6 nitrogen and oxygen atoms in total. The molecule has 8 heteroatoms. The number of allylic oxidation sites excluding steroid dienone is 1. The van der Waals surface area contributed by atoms with E-state index in [9.17, 15) is 15.2 Å². The van der Waals surface area contributed by atoms with Gasteiger partial charge >= 0.3 is 6.09 Å². The first-order valence-corrected chi connectivity index (χ1v) is 9.17. The van der Waals surface area contributed by atoms with Gasteiger partial charge in [0, 0.05) is 27.2 Å². The first-order valence-electron chi connectivity index (χ1n) is 8.00. The molecule has 136 valence electrons. The van der Waals surface area contributed by atoms with Crippen LogP contribution in [0.5, 0.6) is 0 Å². The van der Waals surface area contributed by atoms with Gasteiger partial charge in [0.2, 0.25) is 0 Å². The third-order valence-electron chi connectivity index (χ3n) is 4.45. The molecule has 0 saturated carbocycles. The summed E-state index contributed by atoms with van der Waals surface area (Å²) in [6, 6.07) is 16.3. The number of amides is 1. The van der Waals surface area contributed by atoms with Crippen LogP contribution in [0.1, 0.15) is 18.5 Å². The van der Waals surface area contributed by atoms with Gasteiger partial charge in [-0.15, -0.1) is 4.59 Å². The van der Waals surface area contributed by atoms with E-state index in [0.29, 0.717) is 10.7 Å². The molecular weight excluding hydrogens is 432 g/mol. The predicted octanol–water partition coefficient (Wildman–Crippen LogP) is 5.17. The molecule has 0 spiro atoms. The normalized spacial score (nSPS) is 19.6. The number of hydrogen-bond acceptors (Lipinski definition) is 3. The molecule has 2 aromatic carbocycles. The quantitative estimate of drug-likeness (QED) is 0.635. The summed E-state index contributed by atoms with van der Waals surface area (Å²) in [6.45, 7) is 1.89. The van der Waals surface area contributed by atoms with Crippen molar-refractivity contribution in [1.29, 1.82) is 5.26 Å². The fraction of sp³-hybridized carbons (Fsp3) is 0.105. The summed E-state index contributed by atoms with van der Waals surface area (Å²) in [6.07, 6.45) is 0.120. The third-order valence-corrected chi connectivity index (χ3v) is 5.32. The van der Waals surface area contributed by atoms with Gasteiger partial charge in [-0.3, -0.25) is 0 Å². The highest BCUT2D eigenvalue weighted by Crippen LogP contribution is 2.44. The lowest BCUT2D eigenvalue weighted by molar-refractivity contribution is 0.188. The summed E-state index contributed by atoms with van der Waals surface area (Å²) >= 11 is 9.81. The Morgan fingerprint density at radius 1 is 1.30 bits per heavy atom. The van der Waals surface area contributed by atoms with Gasteiger partial charge in [0.1, 0.15) is 18.3 Å². The van der Waals surface area contributed by atoms with E-state index in [1.807, 2.05) is 55.5 Å². The van der Waals surface area contributed by atoms with E-state index < -0.39 is 12.1 Å². The van der Waals surface area contributed by atoms with E-state index in [2.05, 4.69) is 26.3 Å². The smallest absolute Gasteiger partial charge is 0.413 e. The van der Waals surface area contributed by atoms with Gasteiger partial charge in [0.15, 0.2) is 11.3 Å². The van der Waals surface area contributed by atoms with Gasteiger partial charge in [0.05, 0.1) is 0 Å². The topological polar surface area (TPSA) is 85.5 Å². The molecule has 2 N–H and O–H groups in total. The average molecular weight is 447 g/mol. The average Bonchev–Trinajstić information content (AvgIpc) is 3.00. The molecular formula is C19H15BrClN4O2+. The number of nitriles is 1. The van der Waals surface area contributed by atoms with E-state index in [-0.39, 0.29) is 16.0 Å². The Morgan fingerprint density at radius 3 is 2.56 bits per heavy atom. The summed E-state index contributed by atoms with van der Waals surface area (Å²) in [5, 5.41) is 26.4. The second-order valence-corrected chi connectivity index (χ2v) is 7.23. The lowest BCUT2D eigenvalue weighted by Crippen LogP contribution is -2.49. The van der Waals surface area contributed by atoms with Crippen LogP contribution in [0.2, 0.25) is 5.02 Å². The molecule has 1 aliphatic heterocycles. The Balaban J connectivity index is 2.28. The third kappa shape index (κ3) is 3.35. The van der Waals surface area contributed by atoms with Crippen LogP contribution in [-0.2, 0) is 0 Å². The predicted molar refractivity (Wildman–Crippen MR) is 108 cm³/mol. The Hall–Kier alpha value is -2.66. The SMILES string of the molecule is CC(c1ccccc1Cl)[N+]1(c2ccc(Br)cc2)N=CC(C#N)=C1NC(=O)O. The van der Waals surface area contributed by atoms with Gasteiger partial charge in [-0.05, 0) is 25.1 Å². The van der Waals surface area contributed by atoms with E-state index in [0.717, 1.165) is 10.0 Å². The molecule has 27 heavy (non-hydrogen) atoms. The fourth-order valence-corrected chi connectivity index (χ4v) is 3.74. The largest absolute Gasteiger partial charge is 0.465 e. The summed E-state index contributed by atoms with van der Waals surface area (Å²) < 4.78 is 0.627. The van der Waals surface area contributed by atoms with E-state index >= 15 is 0 Å². The van der Waals surface area contributed by atoms with Crippen LogP contribution < -0.4 is 9.91 Å². The van der Waals surface area contributed by atoms with Gasteiger partial charge in [0.25, 0.3) is 5.82 Å². The number of carboxylic acid groups (broad SMARTS) is 1. The van der Waals surface area contributed by atoms with Gasteiger partial charge in [-0.25, -0.2) is 10.1 Å². The lowest BCUT2D eigenvalue weighted by atomic mass is 10.0. The van der Waals surface area contributed by atoms with Crippen LogP contribution in [0.4, 0.5) is 10.5 Å². The minimum absolute atomic E-state index is 0.152. The standard InChI is InChI=1S/C19H14BrClN4O2/c1-12(16-4-2-3-5-17(16)21)25(15-8-6-14(20)7-9-15)18(24-19(26)27)13(10-22)11-23-25/h2-9,11-12H,1H3,(H-,23,24,26,27)/p+1. The molecule has 0 bridgehead atoms. The van der Waals surface area contributed by atoms with E-state index in [1.165, 1.54) is 6.21 Å².